The molecule has 2 bridgehead atoms. The van der Waals surface area contributed by atoms with Gasteiger partial charge in [-0.1, -0.05) is 167 Å². The predicted octanol–water partition coefficient (Wildman–Crippen LogP) is 15.9. The highest BCUT2D eigenvalue weighted by Gasteiger charge is 2.41. The minimum atomic E-state index is -0.204. The van der Waals surface area contributed by atoms with Gasteiger partial charge in [-0.05, 0) is 135 Å². The zero-order valence-corrected chi connectivity index (χ0v) is 33.6. The molecule has 1 nitrogen and oxygen atoms in total. The molecule has 0 aromatic heterocycles. The topological polar surface area (TPSA) is 3.24 Å². The summed E-state index contributed by atoms with van der Waals surface area (Å²) in [6.45, 7) is 4.90. The van der Waals surface area contributed by atoms with E-state index >= 15 is 0 Å². The smallest absolute Gasteiger partial charge is 0.0544 e. The summed E-state index contributed by atoms with van der Waals surface area (Å²) in [5.74, 6) is 3.07. The van der Waals surface area contributed by atoms with Crippen LogP contribution in [0.2, 0.25) is 0 Å². The Morgan fingerprint density at radius 3 is 2.00 bits per heavy atom. The number of nitrogens with zero attached hydrogens (tertiary/aromatic N) is 1. The van der Waals surface area contributed by atoms with Crippen LogP contribution in [0.4, 0.5) is 17.1 Å². The van der Waals surface area contributed by atoms with Crippen LogP contribution in [0.15, 0.2) is 152 Å². The first-order chi connectivity index (χ1) is 28.0. The normalized spacial score (nSPS) is 20.8. The molecule has 0 amide bonds. The van der Waals surface area contributed by atoms with Crippen LogP contribution in [0.3, 0.4) is 0 Å². The molecule has 3 saturated carbocycles. The maximum atomic E-state index is 2.66. The summed E-state index contributed by atoms with van der Waals surface area (Å²) >= 11 is 0. The number of benzene rings is 7. The lowest BCUT2D eigenvalue weighted by molar-refractivity contribution is 0.420. The average molecular weight is 740 g/mol. The van der Waals surface area contributed by atoms with Crippen molar-refractivity contribution < 1.29 is 0 Å². The highest BCUT2D eigenvalue weighted by Crippen LogP contribution is 2.58. The van der Waals surface area contributed by atoms with Gasteiger partial charge in [0, 0.05) is 22.1 Å². The van der Waals surface area contributed by atoms with Crippen molar-refractivity contribution in [2.45, 2.75) is 88.9 Å². The molecule has 3 fully saturated rings. The van der Waals surface area contributed by atoms with Gasteiger partial charge in [0.15, 0.2) is 0 Å². The minimum Gasteiger partial charge on any atom is -0.309 e. The zero-order chi connectivity index (χ0) is 38.1. The van der Waals surface area contributed by atoms with Crippen molar-refractivity contribution in [3.05, 3.63) is 174 Å². The Kier molecular flexibility index (Phi) is 8.50. The number of rotatable bonds is 7. The van der Waals surface area contributed by atoms with Gasteiger partial charge in [0.05, 0.1) is 11.4 Å². The third-order valence-corrected chi connectivity index (χ3v) is 14.7. The standard InChI is InChI=1S/C56H53N/c1-56(2)50-25-12-11-22-46(50)48-33-34-52(54(55(48)56)47-23-10-9-21-44(47)38-15-5-3-6-16-38)57(43-31-29-40(30-32-43)49-36-37-27-28-42(49)35-37)51-26-14-20-41-19-13-24-45(53(41)51)39-17-7-4-8-18-39/h3,5-6,9-16,19-26,29-34,37,39,42,49H,4,7-8,17-18,27-28,35-36H2,1-2H3. The number of anilines is 3. The Morgan fingerprint density at radius 2 is 1.25 bits per heavy atom. The van der Waals surface area contributed by atoms with E-state index in [4.69, 9.17) is 0 Å². The van der Waals surface area contributed by atoms with Crippen LogP contribution in [-0.2, 0) is 5.41 Å². The first-order valence-electron chi connectivity index (χ1n) is 21.9. The molecule has 7 aromatic rings. The molecule has 0 spiro atoms. The fourth-order valence-electron chi connectivity index (χ4n) is 12.1. The molecule has 4 aliphatic rings. The highest BCUT2D eigenvalue weighted by molar-refractivity contribution is 6.06. The second-order valence-electron chi connectivity index (χ2n) is 18.2. The van der Waals surface area contributed by atoms with E-state index in [2.05, 4.69) is 170 Å². The van der Waals surface area contributed by atoms with Gasteiger partial charge in [-0.2, -0.15) is 0 Å². The largest absolute Gasteiger partial charge is 0.309 e. The van der Waals surface area contributed by atoms with Gasteiger partial charge in [-0.25, -0.2) is 0 Å². The lowest BCUT2D eigenvalue weighted by atomic mass is 9.77. The molecule has 0 aliphatic heterocycles. The predicted molar refractivity (Wildman–Crippen MR) is 241 cm³/mol. The van der Waals surface area contributed by atoms with E-state index in [0.29, 0.717) is 11.8 Å². The van der Waals surface area contributed by atoms with Crippen molar-refractivity contribution in [2.75, 3.05) is 4.90 Å². The van der Waals surface area contributed by atoms with Crippen molar-refractivity contribution in [2.24, 2.45) is 11.8 Å². The zero-order valence-electron chi connectivity index (χ0n) is 33.6. The highest BCUT2D eigenvalue weighted by atomic mass is 15.1. The molecule has 0 saturated heterocycles. The second kappa shape index (κ2) is 13.9. The third-order valence-electron chi connectivity index (χ3n) is 14.7. The van der Waals surface area contributed by atoms with Crippen LogP contribution in [0, 0.1) is 11.8 Å². The van der Waals surface area contributed by atoms with Crippen LogP contribution in [0.5, 0.6) is 0 Å². The van der Waals surface area contributed by atoms with Crippen LogP contribution < -0.4 is 4.90 Å². The first-order valence-corrected chi connectivity index (χ1v) is 21.9. The maximum absolute atomic E-state index is 2.66. The van der Waals surface area contributed by atoms with Gasteiger partial charge < -0.3 is 4.90 Å². The molecule has 1 heteroatoms. The third kappa shape index (κ3) is 5.72. The number of fused-ring (bicyclic) bond motifs is 6. The average Bonchev–Trinajstić information content (AvgIpc) is 3.97. The fourth-order valence-corrected chi connectivity index (χ4v) is 12.1. The van der Waals surface area contributed by atoms with Gasteiger partial charge >= 0.3 is 0 Å². The summed E-state index contributed by atoms with van der Waals surface area (Å²) in [7, 11) is 0. The summed E-state index contributed by atoms with van der Waals surface area (Å²) in [5.41, 5.74) is 17.3. The van der Waals surface area contributed by atoms with Crippen LogP contribution in [-0.4, -0.2) is 0 Å². The molecule has 4 aliphatic carbocycles. The summed E-state index contributed by atoms with van der Waals surface area (Å²) in [5, 5.41) is 2.74. The Balaban J connectivity index is 1.21. The Hall–Kier alpha value is -5.40. The number of hydrogen-bond donors (Lipinski definition) is 0. The maximum Gasteiger partial charge on any atom is 0.0544 e. The van der Waals surface area contributed by atoms with E-state index in [1.807, 2.05) is 0 Å². The van der Waals surface area contributed by atoms with E-state index < -0.39 is 0 Å². The van der Waals surface area contributed by atoms with E-state index in [0.717, 1.165) is 11.8 Å². The number of hydrogen-bond acceptors (Lipinski definition) is 1. The summed E-state index contributed by atoms with van der Waals surface area (Å²) in [6.07, 6.45) is 12.2. The summed E-state index contributed by atoms with van der Waals surface area (Å²) in [4.78, 5) is 2.66. The van der Waals surface area contributed by atoms with Gasteiger partial charge in [0.1, 0.15) is 0 Å². The lowest BCUT2D eigenvalue weighted by Crippen LogP contribution is -2.19. The molecule has 0 radical (unpaired) electrons. The van der Waals surface area contributed by atoms with Gasteiger partial charge in [-0.3, -0.25) is 0 Å². The van der Waals surface area contributed by atoms with Gasteiger partial charge in [0.2, 0.25) is 0 Å². The van der Waals surface area contributed by atoms with Crippen molar-refractivity contribution in [1.82, 2.24) is 0 Å². The molecular formula is C56H53N. The van der Waals surface area contributed by atoms with Gasteiger partial charge in [-0.15, -0.1) is 0 Å². The van der Waals surface area contributed by atoms with Crippen LogP contribution in [0.25, 0.3) is 44.2 Å². The monoisotopic (exact) mass is 739 g/mol. The SMILES string of the molecule is CC1(C)c2ccccc2-c2ccc(N(c3ccc(C4CC5CCC4C5)cc3)c3cccc4cccc(C5CCCCC5)c34)c(-c3ccccc3-c3ccccc3)c21. The van der Waals surface area contributed by atoms with Crippen molar-refractivity contribution in [3.8, 4) is 33.4 Å². The Morgan fingerprint density at radius 1 is 0.526 bits per heavy atom. The van der Waals surface area contributed by atoms with Crippen LogP contribution in [0.1, 0.15) is 106 Å². The summed E-state index contributed by atoms with van der Waals surface area (Å²) in [6, 6.07) is 58.3. The van der Waals surface area contributed by atoms with Crippen molar-refractivity contribution in [3.63, 3.8) is 0 Å². The molecular weight excluding hydrogens is 687 g/mol. The first kappa shape index (κ1) is 34.8. The van der Waals surface area contributed by atoms with E-state index in [9.17, 15) is 0 Å². The summed E-state index contributed by atoms with van der Waals surface area (Å²) < 4.78 is 0. The van der Waals surface area contributed by atoms with E-state index in [1.165, 1.54) is 141 Å². The van der Waals surface area contributed by atoms with Crippen molar-refractivity contribution >= 4 is 27.8 Å². The molecule has 3 atom stereocenters. The molecule has 282 valence electrons. The molecule has 3 unspecified atom stereocenters. The second-order valence-corrected chi connectivity index (χ2v) is 18.2. The van der Waals surface area contributed by atoms with E-state index in [-0.39, 0.29) is 5.41 Å². The van der Waals surface area contributed by atoms with E-state index in [1.54, 1.807) is 0 Å². The lowest BCUT2D eigenvalue weighted by Gasteiger charge is -2.34. The molecule has 0 heterocycles. The molecule has 11 rings (SSSR count). The minimum absolute atomic E-state index is 0.204. The molecule has 7 aromatic carbocycles. The van der Waals surface area contributed by atoms with Crippen LogP contribution >= 0.6 is 0 Å². The Bertz CT molecular complexity index is 2600. The van der Waals surface area contributed by atoms with Crippen molar-refractivity contribution in [1.29, 1.82) is 0 Å². The van der Waals surface area contributed by atoms with Gasteiger partial charge in [0.25, 0.3) is 0 Å². The molecule has 0 N–H and O–H groups in total. The molecule has 57 heavy (non-hydrogen) atoms. The Labute approximate surface area is 339 Å². The fraction of sp³-hybridized carbons (Fsp3) is 0.286. The quantitative estimate of drug-likeness (QED) is 0.157.